The second-order valence-electron chi connectivity index (χ2n) is 3.46. The summed E-state index contributed by atoms with van der Waals surface area (Å²) in [5, 5.41) is 7.94. The van der Waals surface area contributed by atoms with Crippen LogP contribution in [0, 0.1) is 6.92 Å². The number of thioether (sulfide) groups is 1. The number of unbranched alkanes of at least 4 members (excludes halogenated alkanes) is 1. The smallest absolute Gasteiger partial charge is 0.0216 e. The molecule has 1 N–H and O–H groups in total. The van der Waals surface area contributed by atoms with E-state index in [0.29, 0.717) is 0 Å². The topological polar surface area (TPSA) is 12.0 Å². The SMILES string of the molecule is CSCCCCNCc1cscc1C. The Hall–Kier alpha value is 0.0100. The van der Waals surface area contributed by atoms with E-state index < -0.39 is 0 Å². The maximum Gasteiger partial charge on any atom is 0.0216 e. The van der Waals surface area contributed by atoms with E-state index in [1.807, 2.05) is 11.8 Å². The summed E-state index contributed by atoms with van der Waals surface area (Å²) in [7, 11) is 0. The molecule has 0 saturated carbocycles. The van der Waals surface area contributed by atoms with Gasteiger partial charge in [-0.25, -0.2) is 0 Å². The van der Waals surface area contributed by atoms with Crippen molar-refractivity contribution in [2.75, 3.05) is 18.6 Å². The second-order valence-corrected chi connectivity index (χ2v) is 5.19. The maximum atomic E-state index is 3.48. The minimum Gasteiger partial charge on any atom is -0.313 e. The Bertz CT molecular complexity index is 245. The Labute approximate surface area is 95.3 Å². The summed E-state index contributed by atoms with van der Waals surface area (Å²) in [6.45, 7) is 4.37. The molecule has 14 heavy (non-hydrogen) atoms. The first-order chi connectivity index (χ1) is 6.84. The zero-order valence-electron chi connectivity index (χ0n) is 9.01. The Balaban J connectivity index is 2.02. The Morgan fingerprint density at radius 3 is 2.86 bits per heavy atom. The van der Waals surface area contributed by atoms with Crippen molar-refractivity contribution in [2.45, 2.75) is 26.3 Å². The fourth-order valence-corrected chi connectivity index (χ4v) is 2.64. The molecule has 0 fully saturated rings. The molecule has 1 nitrogen and oxygen atoms in total. The molecule has 0 aliphatic rings. The average molecular weight is 229 g/mol. The van der Waals surface area contributed by atoms with E-state index in [0.717, 1.165) is 13.1 Å². The summed E-state index contributed by atoms with van der Waals surface area (Å²) >= 11 is 3.73. The zero-order valence-corrected chi connectivity index (χ0v) is 10.6. The molecule has 3 heteroatoms. The van der Waals surface area contributed by atoms with Crippen LogP contribution in [0.2, 0.25) is 0 Å². The van der Waals surface area contributed by atoms with Gasteiger partial charge >= 0.3 is 0 Å². The number of aryl methyl sites for hydroxylation is 1. The molecule has 0 bridgehead atoms. The van der Waals surface area contributed by atoms with Crippen LogP contribution in [0.25, 0.3) is 0 Å². The van der Waals surface area contributed by atoms with Gasteiger partial charge in [0.2, 0.25) is 0 Å². The molecular weight excluding hydrogens is 210 g/mol. The molecular formula is C11H19NS2. The van der Waals surface area contributed by atoms with E-state index >= 15 is 0 Å². The van der Waals surface area contributed by atoms with Gasteiger partial charge in [-0.2, -0.15) is 23.1 Å². The molecule has 0 radical (unpaired) electrons. The number of rotatable bonds is 7. The lowest BCUT2D eigenvalue weighted by molar-refractivity contribution is 0.643. The Kier molecular flexibility index (Phi) is 6.32. The number of hydrogen-bond acceptors (Lipinski definition) is 3. The summed E-state index contributed by atoms with van der Waals surface area (Å²) in [5.41, 5.74) is 2.88. The average Bonchev–Trinajstić information content (AvgIpc) is 2.58. The maximum absolute atomic E-state index is 3.48. The molecule has 0 aliphatic carbocycles. The van der Waals surface area contributed by atoms with Gasteiger partial charge in [0.05, 0.1) is 0 Å². The van der Waals surface area contributed by atoms with Crippen LogP contribution in [-0.4, -0.2) is 18.6 Å². The van der Waals surface area contributed by atoms with Crippen LogP contribution < -0.4 is 5.32 Å². The normalized spacial score (nSPS) is 10.7. The van der Waals surface area contributed by atoms with E-state index in [4.69, 9.17) is 0 Å². The summed E-state index contributed by atoms with van der Waals surface area (Å²) in [6, 6.07) is 0. The fourth-order valence-electron chi connectivity index (χ4n) is 1.29. The third kappa shape index (κ3) is 4.49. The van der Waals surface area contributed by atoms with Crippen molar-refractivity contribution in [1.29, 1.82) is 0 Å². The van der Waals surface area contributed by atoms with Crippen LogP contribution in [0.15, 0.2) is 10.8 Å². The highest BCUT2D eigenvalue weighted by Crippen LogP contribution is 2.12. The minimum atomic E-state index is 1.04. The van der Waals surface area contributed by atoms with Gasteiger partial charge in [0, 0.05) is 6.54 Å². The van der Waals surface area contributed by atoms with Crippen LogP contribution in [0.4, 0.5) is 0 Å². The molecule has 0 saturated heterocycles. The molecule has 0 aromatic carbocycles. The molecule has 0 amide bonds. The summed E-state index contributed by atoms with van der Waals surface area (Å²) in [4.78, 5) is 0. The van der Waals surface area contributed by atoms with E-state index in [1.165, 1.54) is 29.7 Å². The summed E-state index contributed by atoms with van der Waals surface area (Å²) < 4.78 is 0. The molecule has 1 aromatic heterocycles. The quantitative estimate of drug-likeness (QED) is 0.720. The van der Waals surface area contributed by atoms with Gasteiger partial charge in [0.15, 0.2) is 0 Å². The van der Waals surface area contributed by atoms with Crippen molar-refractivity contribution in [2.24, 2.45) is 0 Å². The van der Waals surface area contributed by atoms with Gasteiger partial charge in [-0.15, -0.1) is 0 Å². The van der Waals surface area contributed by atoms with E-state index in [2.05, 4.69) is 29.3 Å². The fraction of sp³-hybridized carbons (Fsp3) is 0.636. The van der Waals surface area contributed by atoms with Crippen molar-refractivity contribution in [1.82, 2.24) is 5.32 Å². The van der Waals surface area contributed by atoms with Crippen molar-refractivity contribution in [3.63, 3.8) is 0 Å². The van der Waals surface area contributed by atoms with Crippen LogP contribution in [-0.2, 0) is 6.54 Å². The van der Waals surface area contributed by atoms with Gasteiger partial charge < -0.3 is 5.32 Å². The van der Waals surface area contributed by atoms with Crippen LogP contribution in [0.3, 0.4) is 0 Å². The van der Waals surface area contributed by atoms with Crippen LogP contribution in [0.1, 0.15) is 24.0 Å². The van der Waals surface area contributed by atoms with E-state index in [9.17, 15) is 0 Å². The molecule has 0 atom stereocenters. The molecule has 1 heterocycles. The van der Waals surface area contributed by atoms with Crippen molar-refractivity contribution in [3.8, 4) is 0 Å². The minimum absolute atomic E-state index is 1.04. The molecule has 80 valence electrons. The summed E-state index contributed by atoms with van der Waals surface area (Å²) in [5.74, 6) is 1.29. The first-order valence-corrected chi connectivity index (χ1v) is 7.39. The molecule has 1 aromatic rings. The highest BCUT2D eigenvalue weighted by Gasteiger charge is 1.97. The zero-order chi connectivity index (χ0) is 10.2. The Morgan fingerprint density at radius 1 is 1.36 bits per heavy atom. The van der Waals surface area contributed by atoms with Gasteiger partial charge in [0.25, 0.3) is 0 Å². The van der Waals surface area contributed by atoms with Crippen molar-refractivity contribution in [3.05, 3.63) is 21.9 Å². The van der Waals surface area contributed by atoms with Crippen LogP contribution >= 0.6 is 23.1 Å². The standard InChI is InChI=1S/C11H19NS2/c1-10-8-14-9-11(10)7-12-5-3-4-6-13-2/h8-9,12H,3-7H2,1-2H3. The predicted octanol–water partition coefficient (Wildman–Crippen LogP) is 3.29. The van der Waals surface area contributed by atoms with Gasteiger partial charge in [-0.3, -0.25) is 0 Å². The van der Waals surface area contributed by atoms with E-state index in [-0.39, 0.29) is 0 Å². The first kappa shape index (κ1) is 12.1. The predicted molar refractivity (Wildman–Crippen MR) is 68.4 cm³/mol. The number of hydrogen-bond donors (Lipinski definition) is 1. The highest BCUT2D eigenvalue weighted by atomic mass is 32.2. The molecule has 0 aliphatic heterocycles. The second kappa shape index (κ2) is 7.32. The number of nitrogens with one attached hydrogen (secondary N) is 1. The van der Waals surface area contributed by atoms with Crippen molar-refractivity contribution >= 4 is 23.1 Å². The lowest BCUT2D eigenvalue weighted by Gasteiger charge is -2.03. The molecule has 0 spiro atoms. The molecule has 0 unspecified atom stereocenters. The summed E-state index contributed by atoms with van der Waals surface area (Å²) in [6.07, 6.45) is 4.79. The lowest BCUT2D eigenvalue weighted by atomic mass is 10.2. The van der Waals surface area contributed by atoms with Crippen LogP contribution in [0.5, 0.6) is 0 Å². The third-order valence-electron chi connectivity index (χ3n) is 2.23. The third-order valence-corrected chi connectivity index (χ3v) is 3.84. The first-order valence-electron chi connectivity index (χ1n) is 5.06. The largest absolute Gasteiger partial charge is 0.313 e. The van der Waals surface area contributed by atoms with Gasteiger partial charge in [0.1, 0.15) is 0 Å². The van der Waals surface area contributed by atoms with Gasteiger partial charge in [-0.05, 0) is 60.2 Å². The monoisotopic (exact) mass is 229 g/mol. The van der Waals surface area contributed by atoms with Crippen molar-refractivity contribution < 1.29 is 0 Å². The lowest BCUT2D eigenvalue weighted by Crippen LogP contribution is -2.14. The number of thiophene rings is 1. The van der Waals surface area contributed by atoms with Gasteiger partial charge in [-0.1, -0.05) is 0 Å². The highest BCUT2D eigenvalue weighted by molar-refractivity contribution is 7.98. The Morgan fingerprint density at radius 2 is 2.21 bits per heavy atom. The van der Waals surface area contributed by atoms with E-state index in [1.54, 1.807) is 11.3 Å². The molecule has 1 rings (SSSR count).